The van der Waals surface area contributed by atoms with E-state index in [1.165, 1.54) is 4.90 Å². The van der Waals surface area contributed by atoms with Crippen molar-refractivity contribution in [3.8, 4) is 0 Å². The van der Waals surface area contributed by atoms with Crippen molar-refractivity contribution in [1.29, 1.82) is 0 Å². The summed E-state index contributed by atoms with van der Waals surface area (Å²) in [5.74, 6) is -1.44. The first-order valence-electron chi connectivity index (χ1n) is 20.3. The van der Waals surface area contributed by atoms with Crippen LogP contribution in [-0.4, -0.2) is 118 Å². The maximum Gasteiger partial charge on any atom is 0.318 e. The number of amides is 3. The molecule has 5 heterocycles. The Hall–Kier alpha value is -4.22. The number of piperidine rings is 2. The van der Waals surface area contributed by atoms with Gasteiger partial charge in [-0.3, -0.25) is 19.6 Å². The molecule has 0 spiro atoms. The number of nitrogens with one attached hydrogen (secondary N) is 3. The van der Waals surface area contributed by atoms with Crippen LogP contribution < -0.4 is 10.9 Å². The van der Waals surface area contributed by atoms with Gasteiger partial charge in [-0.25, -0.2) is 4.79 Å². The van der Waals surface area contributed by atoms with Crippen LogP contribution in [0.2, 0.25) is 0 Å². The molecule has 2 aromatic heterocycles. The maximum atomic E-state index is 14.7. The highest BCUT2D eigenvalue weighted by Gasteiger charge is 2.34. The van der Waals surface area contributed by atoms with E-state index < -0.39 is 50.0 Å². The zero-order valence-electron chi connectivity index (χ0n) is 34.7. The van der Waals surface area contributed by atoms with E-state index in [9.17, 15) is 14.4 Å². The van der Waals surface area contributed by atoms with Crippen LogP contribution in [0.15, 0.2) is 53.5 Å². The normalized spacial score (nSPS) is 26.6. The third-order valence-corrected chi connectivity index (χ3v) is 9.68. The van der Waals surface area contributed by atoms with E-state index in [0.717, 1.165) is 22.0 Å². The Balaban J connectivity index is 1.18. The maximum absolute atomic E-state index is 14.7. The Labute approximate surface area is 286 Å². The number of rotatable bonds is 6. The molecule has 11 nitrogen and oxygen atoms in total. The minimum atomic E-state index is -3.37. The fourth-order valence-corrected chi connectivity index (χ4v) is 6.93. The highest BCUT2D eigenvalue weighted by molar-refractivity contribution is 5.88. The molecule has 0 radical (unpaired) electrons. The highest BCUT2D eigenvalue weighted by atomic mass is 16.2. The molecule has 3 N–H and O–H groups in total. The molecule has 3 aliphatic heterocycles. The van der Waals surface area contributed by atoms with Crippen molar-refractivity contribution in [2.24, 2.45) is 0 Å². The van der Waals surface area contributed by atoms with Gasteiger partial charge in [0, 0.05) is 73.5 Å². The lowest BCUT2D eigenvalue weighted by atomic mass is 9.89. The van der Waals surface area contributed by atoms with Gasteiger partial charge < -0.3 is 25.0 Å². The van der Waals surface area contributed by atoms with Crippen molar-refractivity contribution in [2.45, 2.75) is 57.0 Å². The number of aromatic amines is 2. The highest BCUT2D eigenvalue weighted by Crippen LogP contribution is 2.28. The average Bonchev–Trinajstić information content (AvgIpc) is 3.60. The number of carbonyl (C=O) groups is 2. The lowest BCUT2D eigenvalue weighted by Gasteiger charge is -2.43. The zero-order valence-corrected chi connectivity index (χ0v) is 26.7. The predicted octanol–water partition coefficient (Wildman–Crippen LogP) is 3.45. The number of piperazine rings is 1. The number of aryl methyl sites for hydroxylation is 1. The van der Waals surface area contributed by atoms with Gasteiger partial charge in [-0.2, -0.15) is 5.10 Å². The third-order valence-electron chi connectivity index (χ3n) is 9.68. The molecular weight excluding hydrogens is 592 g/mol. The van der Waals surface area contributed by atoms with Crippen LogP contribution in [0, 0.1) is 6.92 Å². The van der Waals surface area contributed by atoms with Crippen molar-refractivity contribution >= 4 is 33.7 Å². The van der Waals surface area contributed by atoms with E-state index in [1.807, 2.05) is 49.2 Å². The number of aromatic nitrogens is 3. The lowest BCUT2D eigenvalue weighted by molar-refractivity contribution is -0.135. The summed E-state index contributed by atoms with van der Waals surface area (Å²) in [6.07, 6.45) is 2.81. The van der Waals surface area contributed by atoms with Gasteiger partial charge in [0.2, 0.25) is 5.91 Å². The average molecular weight is 647 g/mol. The predicted molar refractivity (Wildman–Crippen MR) is 184 cm³/mol. The summed E-state index contributed by atoms with van der Waals surface area (Å²) < 4.78 is 72.3. The molecule has 0 unspecified atom stereocenters. The van der Waals surface area contributed by atoms with Crippen LogP contribution in [0.4, 0.5) is 4.79 Å². The molecule has 1 atom stereocenters. The topological polar surface area (TPSA) is 121 Å². The molecule has 3 fully saturated rings. The third kappa shape index (κ3) is 6.78. The van der Waals surface area contributed by atoms with Crippen LogP contribution in [0.1, 0.15) is 59.3 Å². The minimum absolute atomic E-state index is 0.0396. The van der Waals surface area contributed by atoms with Crippen molar-refractivity contribution in [3.05, 3.63) is 75.7 Å². The van der Waals surface area contributed by atoms with E-state index >= 15 is 0 Å². The molecule has 0 saturated carbocycles. The van der Waals surface area contributed by atoms with Crippen molar-refractivity contribution < 1.29 is 20.6 Å². The minimum Gasteiger partial charge on any atom is -0.338 e. The number of benzene rings is 2. The summed E-state index contributed by atoms with van der Waals surface area (Å²) >= 11 is 0. The van der Waals surface area contributed by atoms with Crippen LogP contribution in [0.5, 0.6) is 0 Å². The molecule has 3 amide bonds. The van der Waals surface area contributed by atoms with E-state index in [-0.39, 0.29) is 48.7 Å². The van der Waals surface area contributed by atoms with Gasteiger partial charge in [0.15, 0.2) is 0 Å². The summed E-state index contributed by atoms with van der Waals surface area (Å²) in [6, 6.07) is 9.71. The molecular formula is C36H46N8O3. The number of hydrogen-bond donors (Lipinski definition) is 3. The van der Waals surface area contributed by atoms with Gasteiger partial charge in [0.1, 0.15) is 6.04 Å². The van der Waals surface area contributed by atoms with E-state index in [2.05, 4.69) is 20.5 Å². The van der Waals surface area contributed by atoms with Gasteiger partial charge in [0.25, 0.3) is 5.56 Å². The zero-order chi connectivity index (χ0) is 39.7. The van der Waals surface area contributed by atoms with E-state index in [0.29, 0.717) is 47.3 Å². The van der Waals surface area contributed by atoms with Gasteiger partial charge in [-0.15, -0.1) is 0 Å². The Morgan fingerprint density at radius 3 is 2.49 bits per heavy atom. The number of urea groups is 1. The van der Waals surface area contributed by atoms with Crippen LogP contribution in [-0.2, 0) is 11.2 Å². The van der Waals surface area contributed by atoms with Crippen molar-refractivity contribution in [2.75, 3.05) is 59.2 Å². The number of fused-ring (bicyclic) bond motifs is 2. The summed E-state index contributed by atoms with van der Waals surface area (Å²) in [6.45, 7) is -9.84. The molecule has 47 heavy (non-hydrogen) atoms. The fourth-order valence-electron chi connectivity index (χ4n) is 6.93. The van der Waals surface area contributed by atoms with Crippen molar-refractivity contribution in [3.63, 3.8) is 0 Å². The second kappa shape index (κ2) is 13.5. The number of para-hydroxylation sites is 1. The summed E-state index contributed by atoms with van der Waals surface area (Å²) in [4.78, 5) is 48.8. The quantitative estimate of drug-likeness (QED) is 0.295. The first-order chi connectivity index (χ1) is 25.8. The Bertz CT molecular complexity index is 2130. The Kier molecular flexibility index (Phi) is 6.65. The monoisotopic (exact) mass is 646 g/mol. The van der Waals surface area contributed by atoms with Gasteiger partial charge in [0.05, 0.1) is 17.2 Å². The Morgan fingerprint density at radius 1 is 0.979 bits per heavy atom. The number of nitrogens with zero attached hydrogens (tertiary/aromatic N) is 5. The molecule has 7 rings (SSSR count). The standard InChI is InChI=1S/C36H46N8O3/c1-24-19-25(20-28-23-37-40-33(24)28)21-32(35(46)43-17-15-42(16-18-43)29-9-11-41(2)12-10-29)39-36(47)44-13-7-26(8-14-44)30-22-27-5-3-4-6-31(27)38-34(30)45/h3-6,19-20,22-23,26,29,32H,7-18,21H2,1-2H3,(H,37,40)(H,38,45)(H,39,47)/t32-/m1/s1/i15D2,16D2,17D2,18D2. The van der Waals surface area contributed by atoms with Gasteiger partial charge in [-0.05, 0) is 93.4 Å². The van der Waals surface area contributed by atoms with Crippen LogP contribution in [0.25, 0.3) is 21.8 Å². The summed E-state index contributed by atoms with van der Waals surface area (Å²) in [7, 11) is 1.86. The molecule has 0 bridgehead atoms. The number of carbonyl (C=O) groups excluding carboxylic acids is 2. The first kappa shape index (κ1) is 23.2. The number of pyridine rings is 1. The molecule has 3 aliphatic rings. The van der Waals surface area contributed by atoms with E-state index in [1.54, 1.807) is 18.3 Å². The number of H-pyrrole nitrogens is 2. The molecule has 4 aromatic rings. The summed E-state index contributed by atoms with van der Waals surface area (Å²) in [5.41, 5.74) is 3.21. The van der Waals surface area contributed by atoms with Gasteiger partial charge in [-0.1, -0.05) is 24.3 Å². The number of hydrogen-bond acceptors (Lipinski definition) is 6. The fraction of sp³-hybridized carbons (Fsp3) is 0.500. The molecule has 11 heteroatoms. The second-order valence-electron chi connectivity index (χ2n) is 12.9. The summed E-state index contributed by atoms with van der Waals surface area (Å²) in [5, 5.41) is 11.3. The van der Waals surface area contributed by atoms with E-state index in [4.69, 9.17) is 11.0 Å². The van der Waals surface area contributed by atoms with Crippen molar-refractivity contribution in [1.82, 2.24) is 40.1 Å². The smallest absolute Gasteiger partial charge is 0.318 e. The first-order valence-corrected chi connectivity index (χ1v) is 16.3. The lowest BCUT2D eigenvalue weighted by Crippen LogP contribution is -2.59. The van der Waals surface area contributed by atoms with Crippen LogP contribution >= 0.6 is 0 Å². The molecule has 2 aromatic carbocycles. The van der Waals surface area contributed by atoms with Crippen LogP contribution in [0.3, 0.4) is 0 Å². The SMILES string of the molecule is [2H]C1([2H])N(C(=O)[C@@H](Cc2cc(C)c3[nH]ncc3c2)NC(=O)N2CCC(c3cc4ccccc4[nH]c3=O)CC2)C([2H])([2H])C([2H])([2H])N(C2CCN(C)CC2)C1([2H])[2H]. The largest absolute Gasteiger partial charge is 0.338 e. The molecule has 0 aliphatic carbocycles. The van der Waals surface area contributed by atoms with Gasteiger partial charge >= 0.3 is 6.03 Å². The second-order valence-corrected chi connectivity index (χ2v) is 12.9. The molecule has 248 valence electrons. The number of likely N-dealkylation sites (tertiary alicyclic amines) is 2. The Morgan fingerprint density at radius 2 is 1.72 bits per heavy atom. The molecule has 3 saturated heterocycles.